The Balaban J connectivity index is 1.63. The molecule has 1 aliphatic carbocycles. The van der Waals surface area contributed by atoms with Gasteiger partial charge in [0.2, 0.25) is 5.16 Å². The number of anilines is 1. The van der Waals surface area contributed by atoms with Gasteiger partial charge in [0.15, 0.2) is 5.78 Å². The lowest BCUT2D eigenvalue weighted by atomic mass is 10.2. The fourth-order valence-corrected chi connectivity index (χ4v) is 4.85. The quantitative estimate of drug-likeness (QED) is 0.401. The number of carbonyl (C=O) groups is 1. The third-order valence-electron chi connectivity index (χ3n) is 5.71. The number of ketones is 1. The van der Waals surface area contributed by atoms with Crippen LogP contribution in [-0.2, 0) is 13.1 Å². The molecule has 0 radical (unpaired) electrons. The predicted octanol–water partition coefficient (Wildman–Crippen LogP) is 1.74. The lowest BCUT2D eigenvalue weighted by Crippen LogP contribution is -2.44. The van der Waals surface area contributed by atoms with Crippen LogP contribution in [-0.4, -0.2) is 40.9 Å². The van der Waals surface area contributed by atoms with Crippen molar-refractivity contribution in [2.45, 2.75) is 56.9 Å². The van der Waals surface area contributed by atoms with Crippen LogP contribution in [0.15, 0.2) is 45.1 Å². The molecule has 32 heavy (non-hydrogen) atoms. The molecule has 11 heteroatoms. The number of tetrazole rings is 1. The molecule has 0 aliphatic heterocycles. The van der Waals surface area contributed by atoms with Crippen LogP contribution < -0.4 is 17.0 Å². The number of aromatic nitrogens is 6. The molecule has 0 amide bonds. The molecule has 1 fully saturated rings. The van der Waals surface area contributed by atoms with E-state index in [0.717, 1.165) is 35.8 Å². The summed E-state index contributed by atoms with van der Waals surface area (Å²) in [7, 11) is 0. The van der Waals surface area contributed by atoms with Crippen LogP contribution in [0.5, 0.6) is 0 Å². The summed E-state index contributed by atoms with van der Waals surface area (Å²) in [6.45, 7) is 1.99. The maximum absolute atomic E-state index is 13.1. The number of nitrogens with two attached hydrogens (primary N) is 1. The topological polar surface area (TPSA) is 131 Å². The normalized spacial score (nSPS) is 14.2. The van der Waals surface area contributed by atoms with Crippen molar-refractivity contribution >= 4 is 23.4 Å². The van der Waals surface area contributed by atoms with E-state index in [4.69, 9.17) is 5.73 Å². The Labute approximate surface area is 188 Å². The molecule has 2 N–H and O–H groups in total. The van der Waals surface area contributed by atoms with Crippen molar-refractivity contribution in [2.24, 2.45) is 0 Å². The number of carbonyl (C=O) groups excluding carboxylic acids is 1. The van der Waals surface area contributed by atoms with Gasteiger partial charge in [0.05, 0.1) is 18.3 Å². The molecule has 168 valence electrons. The molecule has 10 nitrogen and oxygen atoms in total. The van der Waals surface area contributed by atoms with Gasteiger partial charge in [-0.15, -0.1) is 5.10 Å². The van der Waals surface area contributed by atoms with Crippen LogP contribution in [0.25, 0.3) is 0 Å². The highest BCUT2D eigenvalue weighted by Crippen LogP contribution is 2.31. The first-order valence-electron chi connectivity index (χ1n) is 10.6. The summed E-state index contributed by atoms with van der Waals surface area (Å²) in [5.41, 5.74) is 5.68. The number of hydrogen-bond acceptors (Lipinski definition) is 8. The van der Waals surface area contributed by atoms with Crippen LogP contribution in [0.2, 0.25) is 0 Å². The van der Waals surface area contributed by atoms with E-state index in [1.54, 1.807) is 11.6 Å². The van der Waals surface area contributed by atoms with Gasteiger partial charge in [-0.05, 0) is 35.8 Å². The SMILES string of the molecule is CCn1c(=O)c(C(=O)CSc2nnnn2C2CCCC2)c(N)n(Cc2ccccc2)c1=O. The highest BCUT2D eigenvalue weighted by Gasteiger charge is 2.25. The summed E-state index contributed by atoms with van der Waals surface area (Å²) in [5, 5.41) is 12.4. The van der Waals surface area contributed by atoms with E-state index in [1.165, 1.54) is 16.3 Å². The van der Waals surface area contributed by atoms with Gasteiger partial charge < -0.3 is 5.73 Å². The average molecular weight is 456 g/mol. The number of benzene rings is 1. The van der Waals surface area contributed by atoms with E-state index in [0.29, 0.717) is 5.16 Å². The molecule has 1 aliphatic rings. The van der Waals surface area contributed by atoms with Crippen molar-refractivity contribution in [3.05, 3.63) is 62.3 Å². The highest BCUT2D eigenvalue weighted by atomic mass is 32.2. The first kappa shape index (κ1) is 22.0. The minimum Gasteiger partial charge on any atom is -0.384 e. The maximum atomic E-state index is 13.1. The van der Waals surface area contributed by atoms with Gasteiger partial charge in [-0.3, -0.25) is 18.7 Å². The molecule has 0 atom stereocenters. The van der Waals surface area contributed by atoms with Crippen LogP contribution in [0.4, 0.5) is 5.82 Å². The van der Waals surface area contributed by atoms with Crippen molar-refractivity contribution in [1.29, 1.82) is 0 Å². The van der Waals surface area contributed by atoms with Crippen molar-refractivity contribution in [3.8, 4) is 0 Å². The molecule has 2 aromatic heterocycles. The molecule has 0 bridgehead atoms. The third kappa shape index (κ3) is 4.24. The second-order valence-electron chi connectivity index (χ2n) is 7.72. The van der Waals surface area contributed by atoms with Gasteiger partial charge in [0, 0.05) is 6.54 Å². The molecule has 0 saturated heterocycles. The molecule has 0 unspecified atom stereocenters. The zero-order valence-electron chi connectivity index (χ0n) is 17.8. The van der Waals surface area contributed by atoms with Crippen molar-refractivity contribution in [3.63, 3.8) is 0 Å². The molecule has 0 spiro atoms. The van der Waals surface area contributed by atoms with Gasteiger partial charge >= 0.3 is 5.69 Å². The molecule has 2 heterocycles. The number of thioether (sulfide) groups is 1. The van der Waals surface area contributed by atoms with Crippen molar-refractivity contribution in [1.82, 2.24) is 29.3 Å². The number of Topliss-reactive ketones (excluding diaryl/α,β-unsaturated/α-hetero) is 1. The first-order valence-corrected chi connectivity index (χ1v) is 11.6. The zero-order chi connectivity index (χ0) is 22.7. The van der Waals surface area contributed by atoms with Gasteiger partial charge in [-0.25, -0.2) is 9.48 Å². The van der Waals surface area contributed by atoms with E-state index >= 15 is 0 Å². The Kier molecular flexibility index (Phi) is 6.54. The lowest BCUT2D eigenvalue weighted by Gasteiger charge is -2.16. The van der Waals surface area contributed by atoms with Crippen LogP contribution in [0.1, 0.15) is 54.6 Å². The molecular formula is C21H25N7O3S. The summed E-state index contributed by atoms with van der Waals surface area (Å²) in [4.78, 5) is 38.9. The lowest BCUT2D eigenvalue weighted by molar-refractivity contribution is 0.102. The largest absolute Gasteiger partial charge is 0.384 e. The van der Waals surface area contributed by atoms with E-state index < -0.39 is 17.0 Å². The summed E-state index contributed by atoms with van der Waals surface area (Å²) in [5.74, 6) is -0.628. The Morgan fingerprint density at radius 1 is 1.16 bits per heavy atom. The van der Waals surface area contributed by atoms with Crippen molar-refractivity contribution < 1.29 is 4.79 Å². The van der Waals surface area contributed by atoms with Crippen LogP contribution in [0, 0.1) is 0 Å². The fraction of sp³-hybridized carbons (Fsp3) is 0.429. The smallest absolute Gasteiger partial charge is 0.332 e. The maximum Gasteiger partial charge on any atom is 0.332 e. The van der Waals surface area contributed by atoms with Crippen LogP contribution in [0.3, 0.4) is 0 Å². The van der Waals surface area contributed by atoms with Gasteiger partial charge in [-0.2, -0.15) is 0 Å². The Hall–Kier alpha value is -3.21. The van der Waals surface area contributed by atoms with Gasteiger partial charge in [0.25, 0.3) is 5.56 Å². The molecule has 3 aromatic rings. The minimum atomic E-state index is -0.666. The molecule has 4 rings (SSSR count). The van der Waals surface area contributed by atoms with E-state index in [-0.39, 0.29) is 36.3 Å². The summed E-state index contributed by atoms with van der Waals surface area (Å²) in [6, 6.07) is 9.51. The predicted molar refractivity (Wildman–Crippen MR) is 121 cm³/mol. The van der Waals surface area contributed by atoms with E-state index in [2.05, 4.69) is 15.5 Å². The second kappa shape index (κ2) is 9.51. The Bertz CT molecular complexity index is 1230. The Morgan fingerprint density at radius 2 is 1.88 bits per heavy atom. The van der Waals surface area contributed by atoms with E-state index in [1.807, 2.05) is 30.3 Å². The monoisotopic (exact) mass is 455 g/mol. The fourth-order valence-electron chi connectivity index (χ4n) is 4.04. The Morgan fingerprint density at radius 3 is 2.56 bits per heavy atom. The van der Waals surface area contributed by atoms with Crippen molar-refractivity contribution in [2.75, 3.05) is 11.5 Å². The van der Waals surface area contributed by atoms with Gasteiger partial charge in [0.1, 0.15) is 11.4 Å². The second-order valence-corrected chi connectivity index (χ2v) is 8.66. The first-order chi connectivity index (χ1) is 15.5. The number of rotatable bonds is 8. The number of nitrogen functional groups attached to an aromatic ring is 1. The molecule has 1 aromatic carbocycles. The summed E-state index contributed by atoms with van der Waals surface area (Å²) in [6.07, 6.45) is 4.27. The summed E-state index contributed by atoms with van der Waals surface area (Å²) < 4.78 is 4.08. The third-order valence-corrected chi connectivity index (χ3v) is 6.65. The standard InChI is InChI=1S/C21H25N7O3S/c1-2-26-19(30)17(18(22)27(21(26)31)12-14-8-4-3-5-9-14)16(29)13-32-20-23-24-25-28(20)15-10-6-7-11-15/h3-5,8-9,15H,2,6-7,10-13,22H2,1H3. The number of hydrogen-bond donors (Lipinski definition) is 1. The minimum absolute atomic E-state index is 0.0558. The molecular weight excluding hydrogens is 430 g/mol. The van der Waals surface area contributed by atoms with E-state index in [9.17, 15) is 14.4 Å². The summed E-state index contributed by atoms with van der Waals surface area (Å²) >= 11 is 1.17. The highest BCUT2D eigenvalue weighted by molar-refractivity contribution is 7.99. The van der Waals surface area contributed by atoms with Gasteiger partial charge in [-0.1, -0.05) is 54.9 Å². The number of nitrogens with zero attached hydrogens (tertiary/aromatic N) is 6. The zero-order valence-corrected chi connectivity index (χ0v) is 18.6. The molecule has 1 saturated carbocycles. The average Bonchev–Trinajstić information content (AvgIpc) is 3.48. The van der Waals surface area contributed by atoms with Crippen LogP contribution >= 0.6 is 11.8 Å².